The monoisotopic (exact) mass is 270 g/mol. The third kappa shape index (κ3) is 3.67. The van der Waals surface area contributed by atoms with E-state index in [-0.39, 0.29) is 5.82 Å². The van der Waals surface area contributed by atoms with Gasteiger partial charge < -0.3 is 9.80 Å². The summed E-state index contributed by atoms with van der Waals surface area (Å²) in [5.41, 5.74) is 0.660. The maximum Gasteiger partial charge on any atom is 0.127 e. The molecule has 0 saturated carbocycles. The van der Waals surface area contributed by atoms with Gasteiger partial charge >= 0.3 is 0 Å². The first-order chi connectivity index (χ1) is 8.66. The lowest BCUT2D eigenvalue weighted by atomic mass is 10.1. The van der Waals surface area contributed by atoms with E-state index >= 15 is 0 Å². The zero-order valence-corrected chi connectivity index (χ0v) is 11.6. The van der Waals surface area contributed by atoms with E-state index in [9.17, 15) is 4.39 Å². The van der Waals surface area contributed by atoms with Crippen molar-refractivity contribution in [3.63, 3.8) is 0 Å². The van der Waals surface area contributed by atoms with E-state index in [1.807, 2.05) is 0 Å². The fourth-order valence-electron chi connectivity index (χ4n) is 2.32. The van der Waals surface area contributed by atoms with Gasteiger partial charge in [-0.1, -0.05) is 17.7 Å². The van der Waals surface area contributed by atoms with Crippen LogP contribution < -0.4 is 0 Å². The van der Waals surface area contributed by atoms with Crippen LogP contribution in [0.5, 0.6) is 0 Å². The third-order valence-corrected chi connectivity index (χ3v) is 3.91. The molecule has 0 atom stereocenters. The minimum absolute atomic E-state index is 0.180. The highest BCUT2D eigenvalue weighted by atomic mass is 35.5. The standard InChI is InChI=1S/C14H20ClFN2/c1-17-8-10-18(11-9-17)7-3-4-12-13(15)5-2-6-14(12)16/h2,5-6H,3-4,7-11H2,1H3. The Bertz CT molecular complexity index is 369. The van der Waals surface area contributed by atoms with E-state index in [0.717, 1.165) is 45.6 Å². The Labute approximate surface area is 113 Å². The Balaban J connectivity index is 1.78. The Hall–Kier alpha value is -0.640. The predicted molar refractivity (Wildman–Crippen MR) is 73.7 cm³/mol. The molecule has 100 valence electrons. The molecule has 0 unspecified atom stereocenters. The van der Waals surface area contributed by atoms with Crippen LogP contribution in [0.25, 0.3) is 0 Å². The molecule has 1 aromatic rings. The van der Waals surface area contributed by atoms with Gasteiger partial charge in [0.05, 0.1) is 0 Å². The zero-order chi connectivity index (χ0) is 13.0. The Kier molecular flexibility index (Phi) is 4.98. The lowest BCUT2D eigenvalue weighted by Crippen LogP contribution is -2.44. The first-order valence-electron chi connectivity index (χ1n) is 6.50. The van der Waals surface area contributed by atoms with Crippen molar-refractivity contribution in [3.05, 3.63) is 34.6 Å². The zero-order valence-electron chi connectivity index (χ0n) is 10.8. The van der Waals surface area contributed by atoms with Gasteiger partial charge in [-0.2, -0.15) is 0 Å². The molecule has 2 rings (SSSR count). The molecule has 1 heterocycles. The first-order valence-corrected chi connectivity index (χ1v) is 6.88. The second-order valence-electron chi connectivity index (χ2n) is 4.95. The normalized spacial score (nSPS) is 18.2. The topological polar surface area (TPSA) is 6.48 Å². The van der Waals surface area contributed by atoms with Crippen LogP contribution in [0.15, 0.2) is 18.2 Å². The highest BCUT2D eigenvalue weighted by molar-refractivity contribution is 6.31. The highest BCUT2D eigenvalue weighted by Gasteiger charge is 2.13. The molecular formula is C14H20ClFN2. The molecule has 2 nitrogen and oxygen atoms in total. The van der Waals surface area contributed by atoms with Crippen LogP contribution in [0, 0.1) is 5.82 Å². The SMILES string of the molecule is CN1CCN(CCCc2c(F)cccc2Cl)CC1. The molecule has 0 radical (unpaired) electrons. The number of rotatable bonds is 4. The maximum atomic E-state index is 13.6. The molecule has 1 aromatic carbocycles. The summed E-state index contributed by atoms with van der Waals surface area (Å²) in [5.74, 6) is -0.180. The minimum Gasteiger partial charge on any atom is -0.304 e. The summed E-state index contributed by atoms with van der Waals surface area (Å²) in [6, 6.07) is 4.90. The smallest absolute Gasteiger partial charge is 0.127 e. The maximum absolute atomic E-state index is 13.6. The Morgan fingerprint density at radius 2 is 1.94 bits per heavy atom. The van der Waals surface area contributed by atoms with Crippen molar-refractivity contribution in [2.75, 3.05) is 39.8 Å². The van der Waals surface area contributed by atoms with Crippen molar-refractivity contribution in [2.45, 2.75) is 12.8 Å². The minimum atomic E-state index is -0.180. The van der Waals surface area contributed by atoms with Crippen LogP contribution in [-0.2, 0) is 6.42 Å². The lowest BCUT2D eigenvalue weighted by Gasteiger charge is -2.32. The molecule has 0 bridgehead atoms. The van der Waals surface area contributed by atoms with E-state index in [0.29, 0.717) is 10.6 Å². The molecule has 0 amide bonds. The second kappa shape index (κ2) is 6.50. The van der Waals surface area contributed by atoms with Gasteiger partial charge in [-0.15, -0.1) is 0 Å². The average molecular weight is 271 g/mol. The van der Waals surface area contributed by atoms with E-state index in [1.54, 1.807) is 12.1 Å². The van der Waals surface area contributed by atoms with Gasteiger partial charge in [0.1, 0.15) is 5.82 Å². The van der Waals surface area contributed by atoms with Crippen molar-refractivity contribution in [1.29, 1.82) is 0 Å². The van der Waals surface area contributed by atoms with Crippen LogP contribution in [0.4, 0.5) is 4.39 Å². The lowest BCUT2D eigenvalue weighted by molar-refractivity contribution is 0.153. The number of likely N-dealkylation sites (N-methyl/N-ethyl adjacent to an activating group) is 1. The number of benzene rings is 1. The number of hydrogen-bond acceptors (Lipinski definition) is 2. The molecule has 0 aliphatic carbocycles. The Morgan fingerprint density at radius 3 is 2.61 bits per heavy atom. The molecular weight excluding hydrogens is 251 g/mol. The summed E-state index contributed by atoms with van der Waals surface area (Å²) in [6.45, 7) is 5.50. The summed E-state index contributed by atoms with van der Waals surface area (Å²) >= 11 is 6.01. The van der Waals surface area contributed by atoms with E-state index in [1.165, 1.54) is 6.07 Å². The molecule has 4 heteroatoms. The Morgan fingerprint density at radius 1 is 1.22 bits per heavy atom. The van der Waals surface area contributed by atoms with Crippen molar-refractivity contribution in [1.82, 2.24) is 9.80 Å². The van der Waals surface area contributed by atoms with E-state index in [2.05, 4.69) is 16.8 Å². The molecule has 1 saturated heterocycles. The summed E-state index contributed by atoms with van der Waals surface area (Å²) in [6.07, 6.45) is 1.68. The fraction of sp³-hybridized carbons (Fsp3) is 0.571. The van der Waals surface area contributed by atoms with Crippen molar-refractivity contribution < 1.29 is 4.39 Å². The molecule has 1 aliphatic rings. The summed E-state index contributed by atoms with van der Waals surface area (Å²) < 4.78 is 13.6. The molecule has 0 N–H and O–H groups in total. The van der Waals surface area contributed by atoms with Crippen LogP contribution in [0.3, 0.4) is 0 Å². The van der Waals surface area contributed by atoms with Gasteiger partial charge in [0.25, 0.3) is 0 Å². The summed E-state index contributed by atoms with van der Waals surface area (Å²) in [7, 11) is 2.15. The molecule has 1 fully saturated rings. The number of piperazine rings is 1. The first kappa shape index (κ1) is 13.8. The largest absolute Gasteiger partial charge is 0.304 e. The molecule has 0 aromatic heterocycles. The summed E-state index contributed by atoms with van der Waals surface area (Å²) in [5, 5.41) is 0.549. The van der Waals surface area contributed by atoms with Gasteiger partial charge in [-0.25, -0.2) is 4.39 Å². The van der Waals surface area contributed by atoms with Gasteiger partial charge in [-0.3, -0.25) is 0 Å². The molecule has 0 spiro atoms. The van der Waals surface area contributed by atoms with Crippen LogP contribution in [0.2, 0.25) is 5.02 Å². The van der Waals surface area contributed by atoms with E-state index in [4.69, 9.17) is 11.6 Å². The third-order valence-electron chi connectivity index (χ3n) is 3.56. The molecule has 1 aliphatic heterocycles. The van der Waals surface area contributed by atoms with Crippen molar-refractivity contribution >= 4 is 11.6 Å². The number of nitrogens with zero attached hydrogens (tertiary/aromatic N) is 2. The van der Waals surface area contributed by atoms with E-state index < -0.39 is 0 Å². The molecule has 18 heavy (non-hydrogen) atoms. The highest BCUT2D eigenvalue weighted by Crippen LogP contribution is 2.20. The van der Waals surface area contributed by atoms with Crippen LogP contribution in [0.1, 0.15) is 12.0 Å². The fourth-order valence-corrected chi connectivity index (χ4v) is 2.58. The average Bonchev–Trinajstić information content (AvgIpc) is 2.35. The number of halogens is 2. The van der Waals surface area contributed by atoms with Crippen molar-refractivity contribution in [3.8, 4) is 0 Å². The van der Waals surface area contributed by atoms with Gasteiger partial charge in [0, 0.05) is 36.8 Å². The van der Waals surface area contributed by atoms with Crippen molar-refractivity contribution in [2.24, 2.45) is 0 Å². The number of hydrogen-bond donors (Lipinski definition) is 0. The van der Waals surface area contributed by atoms with Crippen LogP contribution >= 0.6 is 11.6 Å². The van der Waals surface area contributed by atoms with Gasteiger partial charge in [-0.05, 0) is 38.6 Å². The van der Waals surface area contributed by atoms with Gasteiger partial charge in [0.15, 0.2) is 0 Å². The quantitative estimate of drug-likeness (QED) is 0.830. The predicted octanol–water partition coefficient (Wildman–Crippen LogP) is 2.66. The van der Waals surface area contributed by atoms with Crippen LogP contribution in [-0.4, -0.2) is 49.6 Å². The van der Waals surface area contributed by atoms with Gasteiger partial charge in [0.2, 0.25) is 0 Å². The summed E-state index contributed by atoms with van der Waals surface area (Å²) in [4.78, 5) is 4.78. The second-order valence-corrected chi connectivity index (χ2v) is 5.36.